The zero-order valence-corrected chi connectivity index (χ0v) is 13.4. The second-order valence-electron chi connectivity index (χ2n) is 4.97. The molecule has 1 aromatic rings. The Morgan fingerprint density at radius 3 is 2.60 bits per heavy atom. The number of anilines is 1. The first-order chi connectivity index (χ1) is 9.45. The Bertz CT molecular complexity index is 451. The van der Waals surface area contributed by atoms with Gasteiger partial charge in [0.1, 0.15) is 5.82 Å². The van der Waals surface area contributed by atoms with Crippen LogP contribution in [-0.2, 0) is 0 Å². The van der Waals surface area contributed by atoms with Crippen molar-refractivity contribution in [3.8, 4) is 0 Å². The average Bonchev–Trinajstić information content (AvgIpc) is 2.40. The predicted octanol–water partition coefficient (Wildman–Crippen LogP) is 2.19. The van der Waals surface area contributed by atoms with Crippen LogP contribution in [0.4, 0.5) is 5.82 Å². The van der Waals surface area contributed by atoms with Crippen LogP contribution in [0, 0.1) is 0 Å². The summed E-state index contributed by atoms with van der Waals surface area (Å²) in [6.45, 7) is 4.37. The van der Waals surface area contributed by atoms with Gasteiger partial charge in [0.15, 0.2) is 0 Å². The van der Waals surface area contributed by atoms with Crippen LogP contribution < -0.4 is 5.32 Å². The first-order valence-electron chi connectivity index (χ1n) is 6.75. The molecule has 0 saturated heterocycles. The number of pyridine rings is 1. The van der Waals surface area contributed by atoms with Gasteiger partial charge < -0.3 is 15.1 Å². The maximum Gasteiger partial charge on any atom is 0.255 e. The molecule has 0 atom stereocenters. The number of carbonyl (C=O) groups is 1. The third kappa shape index (κ3) is 4.98. The molecule has 1 rings (SSSR count). The van der Waals surface area contributed by atoms with E-state index in [0.717, 1.165) is 19.5 Å². The van der Waals surface area contributed by atoms with Crippen LogP contribution in [0.3, 0.4) is 0 Å². The molecule has 112 valence electrons. The Morgan fingerprint density at radius 1 is 1.35 bits per heavy atom. The number of amides is 1. The fourth-order valence-electron chi connectivity index (χ4n) is 1.80. The van der Waals surface area contributed by atoms with Gasteiger partial charge in [-0.2, -0.15) is 0 Å². The van der Waals surface area contributed by atoms with E-state index < -0.39 is 0 Å². The fraction of sp³-hybridized carbons (Fsp3) is 0.571. The van der Waals surface area contributed by atoms with Gasteiger partial charge in [-0.25, -0.2) is 4.98 Å². The van der Waals surface area contributed by atoms with Crippen LogP contribution in [0.1, 0.15) is 23.7 Å². The highest BCUT2D eigenvalue weighted by Gasteiger charge is 2.14. The van der Waals surface area contributed by atoms with E-state index in [4.69, 9.17) is 11.6 Å². The summed E-state index contributed by atoms with van der Waals surface area (Å²) in [7, 11) is 5.83. The van der Waals surface area contributed by atoms with Crippen molar-refractivity contribution >= 4 is 23.3 Å². The molecule has 6 heteroatoms. The van der Waals surface area contributed by atoms with Crippen molar-refractivity contribution in [2.45, 2.75) is 13.3 Å². The van der Waals surface area contributed by atoms with Crippen molar-refractivity contribution in [2.24, 2.45) is 0 Å². The molecule has 0 spiro atoms. The number of aromatic nitrogens is 1. The molecule has 0 unspecified atom stereocenters. The molecule has 0 radical (unpaired) electrons. The number of nitrogens with zero attached hydrogens (tertiary/aromatic N) is 3. The summed E-state index contributed by atoms with van der Waals surface area (Å²) in [6.07, 6.45) is 2.50. The molecule has 0 saturated carbocycles. The SMILES string of the molecule is CCNc1ncc(C(=O)N(C)CCCN(C)C)cc1Cl. The minimum absolute atomic E-state index is 0.0544. The number of hydrogen-bond acceptors (Lipinski definition) is 4. The van der Waals surface area contributed by atoms with Gasteiger partial charge in [0.2, 0.25) is 0 Å². The van der Waals surface area contributed by atoms with E-state index in [1.807, 2.05) is 21.0 Å². The van der Waals surface area contributed by atoms with Gasteiger partial charge in [0.05, 0.1) is 10.6 Å². The molecule has 0 aliphatic rings. The molecule has 20 heavy (non-hydrogen) atoms. The van der Waals surface area contributed by atoms with Gasteiger partial charge in [0, 0.05) is 26.3 Å². The van der Waals surface area contributed by atoms with Crippen molar-refractivity contribution in [1.82, 2.24) is 14.8 Å². The van der Waals surface area contributed by atoms with E-state index >= 15 is 0 Å². The molecule has 1 N–H and O–H groups in total. The first kappa shape index (κ1) is 16.7. The number of rotatable bonds is 7. The number of nitrogens with one attached hydrogen (secondary N) is 1. The summed E-state index contributed by atoms with van der Waals surface area (Å²) in [4.78, 5) is 20.2. The van der Waals surface area contributed by atoms with Gasteiger partial charge in [-0.3, -0.25) is 4.79 Å². The molecule has 5 nitrogen and oxygen atoms in total. The lowest BCUT2D eigenvalue weighted by molar-refractivity contribution is 0.0790. The highest BCUT2D eigenvalue weighted by atomic mass is 35.5. The highest BCUT2D eigenvalue weighted by molar-refractivity contribution is 6.33. The summed E-state index contributed by atoms with van der Waals surface area (Å²) >= 11 is 6.10. The second-order valence-corrected chi connectivity index (χ2v) is 5.38. The van der Waals surface area contributed by atoms with E-state index in [-0.39, 0.29) is 5.91 Å². The molecule has 0 bridgehead atoms. The van der Waals surface area contributed by atoms with Crippen LogP contribution in [0.25, 0.3) is 0 Å². The standard InChI is InChI=1S/C14H23ClN4O/c1-5-16-13-12(15)9-11(10-17-13)14(20)19(4)8-6-7-18(2)3/h9-10H,5-8H2,1-4H3,(H,16,17). The largest absolute Gasteiger partial charge is 0.369 e. The zero-order valence-electron chi connectivity index (χ0n) is 12.6. The van der Waals surface area contributed by atoms with Crippen molar-refractivity contribution in [3.63, 3.8) is 0 Å². The molecular weight excluding hydrogens is 276 g/mol. The summed E-state index contributed by atoms with van der Waals surface area (Å²) in [5.74, 6) is 0.558. The monoisotopic (exact) mass is 298 g/mol. The smallest absolute Gasteiger partial charge is 0.255 e. The van der Waals surface area contributed by atoms with Gasteiger partial charge >= 0.3 is 0 Å². The first-order valence-corrected chi connectivity index (χ1v) is 7.13. The van der Waals surface area contributed by atoms with Crippen molar-refractivity contribution in [3.05, 3.63) is 22.8 Å². The molecule has 0 aliphatic carbocycles. The van der Waals surface area contributed by atoms with Crippen LogP contribution >= 0.6 is 11.6 Å². The van der Waals surface area contributed by atoms with E-state index in [2.05, 4.69) is 15.2 Å². The summed E-state index contributed by atoms with van der Waals surface area (Å²) in [5, 5.41) is 3.52. The lowest BCUT2D eigenvalue weighted by Gasteiger charge is -2.18. The van der Waals surface area contributed by atoms with Gasteiger partial charge in [-0.15, -0.1) is 0 Å². The highest BCUT2D eigenvalue weighted by Crippen LogP contribution is 2.20. The summed E-state index contributed by atoms with van der Waals surface area (Å²) in [5.41, 5.74) is 0.518. The second kappa shape index (κ2) is 8.07. The number of carbonyl (C=O) groups excluding carboxylic acids is 1. The average molecular weight is 299 g/mol. The Labute approximate surface area is 125 Å². The Kier molecular flexibility index (Phi) is 6.75. The van der Waals surface area contributed by atoms with Crippen molar-refractivity contribution in [1.29, 1.82) is 0 Å². The Morgan fingerprint density at radius 2 is 2.05 bits per heavy atom. The number of halogens is 1. The van der Waals surface area contributed by atoms with E-state index in [1.54, 1.807) is 24.2 Å². The van der Waals surface area contributed by atoms with Gasteiger partial charge in [-0.1, -0.05) is 11.6 Å². The fourth-order valence-corrected chi connectivity index (χ4v) is 2.03. The number of hydrogen-bond donors (Lipinski definition) is 1. The van der Waals surface area contributed by atoms with E-state index in [1.165, 1.54) is 0 Å². The third-order valence-electron chi connectivity index (χ3n) is 2.88. The predicted molar refractivity (Wildman–Crippen MR) is 83.5 cm³/mol. The molecule has 0 aliphatic heterocycles. The Hall–Kier alpha value is -1.33. The molecule has 1 heterocycles. The molecule has 1 amide bonds. The van der Waals surface area contributed by atoms with E-state index in [9.17, 15) is 4.79 Å². The van der Waals surface area contributed by atoms with Crippen LogP contribution in [0.2, 0.25) is 5.02 Å². The zero-order chi connectivity index (χ0) is 15.1. The topological polar surface area (TPSA) is 48.5 Å². The van der Waals surface area contributed by atoms with Gasteiger partial charge in [-0.05, 0) is 40.1 Å². The normalized spacial score (nSPS) is 10.7. The van der Waals surface area contributed by atoms with Crippen LogP contribution in [0.5, 0.6) is 0 Å². The lowest BCUT2D eigenvalue weighted by atomic mass is 10.2. The van der Waals surface area contributed by atoms with Gasteiger partial charge in [0.25, 0.3) is 5.91 Å². The lowest BCUT2D eigenvalue weighted by Crippen LogP contribution is -2.29. The minimum Gasteiger partial charge on any atom is -0.369 e. The minimum atomic E-state index is -0.0544. The summed E-state index contributed by atoms with van der Waals surface area (Å²) < 4.78 is 0. The Balaban J connectivity index is 2.64. The molecule has 0 aromatic carbocycles. The molecule has 0 fully saturated rings. The molecule has 1 aromatic heterocycles. The molecular formula is C14H23ClN4O. The van der Waals surface area contributed by atoms with Crippen LogP contribution in [0.15, 0.2) is 12.3 Å². The maximum absolute atomic E-state index is 12.2. The quantitative estimate of drug-likeness (QED) is 0.838. The van der Waals surface area contributed by atoms with E-state index in [0.29, 0.717) is 22.9 Å². The van der Waals surface area contributed by atoms with Crippen molar-refractivity contribution in [2.75, 3.05) is 46.1 Å². The maximum atomic E-state index is 12.2. The third-order valence-corrected chi connectivity index (χ3v) is 3.17. The summed E-state index contributed by atoms with van der Waals surface area (Å²) in [6, 6.07) is 1.66. The van der Waals surface area contributed by atoms with Crippen LogP contribution in [-0.4, -0.2) is 61.5 Å². The van der Waals surface area contributed by atoms with Crippen molar-refractivity contribution < 1.29 is 4.79 Å².